The normalized spacial score (nSPS) is 11.2. The maximum Gasteiger partial charge on any atom is 0.335 e. The van der Waals surface area contributed by atoms with Gasteiger partial charge in [0.1, 0.15) is 5.82 Å². The summed E-state index contributed by atoms with van der Waals surface area (Å²) in [6.07, 6.45) is 0.515. The highest BCUT2D eigenvalue weighted by Crippen LogP contribution is 2.20. The number of aromatic amines is 1. The van der Waals surface area contributed by atoms with E-state index in [1.54, 1.807) is 0 Å². The first-order valence-electron chi connectivity index (χ1n) is 6.57. The summed E-state index contributed by atoms with van der Waals surface area (Å²) in [5.74, 6) is -0.730. The van der Waals surface area contributed by atoms with Crippen molar-refractivity contribution in [2.45, 2.75) is 13.3 Å². The number of rotatable bonds is 2. The Bertz CT molecular complexity index is 1060. The van der Waals surface area contributed by atoms with Gasteiger partial charge in [-0.15, -0.1) is 0 Å². The zero-order valence-corrected chi connectivity index (χ0v) is 12.7. The molecule has 2 aromatic heterocycles. The Hall–Kier alpha value is -2.48. The highest BCUT2D eigenvalue weighted by Gasteiger charge is 2.15. The molecule has 0 spiro atoms. The van der Waals surface area contributed by atoms with Gasteiger partial charge >= 0.3 is 10.6 Å². The molecule has 0 aliphatic heterocycles. The predicted molar refractivity (Wildman–Crippen MR) is 82.6 cm³/mol. The Kier molecular flexibility index (Phi) is 3.32. The van der Waals surface area contributed by atoms with Crippen LogP contribution in [0.15, 0.2) is 32.6 Å². The minimum absolute atomic E-state index is 0.171. The number of fused-ring (bicyclic) bond motifs is 1. The van der Waals surface area contributed by atoms with Crippen molar-refractivity contribution in [3.63, 3.8) is 0 Å². The van der Waals surface area contributed by atoms with E-state index in [0.717, 1.165) is 22.0 Å². The zero-order valence-electron chi connectivity index (χ0n) is 11.8. The molecule has 0 radical (unpaired) electrons. The summed E-state index contributed by atoms with van der Waals surface area (Å²) < 4.78 is 16.8. The molecular weight excluding hydrogens is 309 g/mol. The van der Waals surface area contributed by atoms with E-state index >= 15 is 0 Å². The molecule has 8 heteroatoms. The van der Waals surface area contributed by atoms with Crippen LogP contribution in [0.2, 0.25) is 0 Å². The number of aromatic nitrogens is 3. The molecule has 0 bridgehead atoms. The van der Waals surface area contributed by atoms with E-state index in [-0.39, 0.29) is 10.6 Å². The molecule has 3 aromatic rings. The third kappa shape index (κ3) is 2.12. The minimum atomic E-state index is -0.730. The lowest BCUT2D eigenvalue weighted by Gasteiger charge is -2.11. The number of aryl methyl sites for hydroxylation is 1. The lowest BCUT2D eigenvalue weighted by atomic mass is 10.2. The lowest BCUT2D eigenvalue weighted by Crippen LogP contribution is -2.39. The van der Waals surface area contributed by atoms with Crippen LogP contribution in [0.1, 0.15) is 12.6 Å². The van der Waals surface area contributed by atoms with Crippen molar-refractivity contribution in [2.24, 2.45) is 7.05 Å². The molecule has 0 saturated carbocycles. The van der Waals surface area contributed by atoms with Crippen molar-refractivity contribution >= 4 is 21.6 Å². The van der Waals surface area contributed by atoms with Crippen molar-refractivity contribution in [1.82, 2.24) is 14.1 Å². The maximum absolute atomic E-state index is 14.3. The first kappa shape index (κ1) is 14.5. The monoisotopic (exact) mass is 321 g/mol. The van der Waals surface area contributed by atoms with Gasteiger partial charge in [0, 0.05) is 18.8 Å². The van der Waals surface area contributed by atoms with Gasteiger partial charge < -0.3 is 9.55 Å². The molecule has 0 amide bonds. The maximum atomic E-state index is 14.3. The van der Waals surface area contributed by atoms with Gasteiger partial charge in [-0.05, 0) is 18.6 Å². The third-order valence-electron chi connectivity index (χ3n) is 3.51. The molecule has 0 aliphatic rings. The summed E-state index contributed by atoms with van der Waals surface area (Å²) in [6, 6.07) is 3.76. The second-order valence-electron chi connectivity index (χ2n) is 4.82. The molecular formula is C14H12FN3O3S. The minimum Gasteiger partial charge on any atom is -0.312 e. The number of H-pyrrole nitrogens is 1. The summed E-state index contributed by atoms with van der Waals surface area (Å²) in [4.78, 5) is 38.1. The zero-order chi connectivity index (χ0) is 16.0. The van der Waals surface area contributed by atoms with Crippen molar-refractivity contribution < 1.29 is 4.39 Å². The number of nitrogens with one attached hydrogen (secondary N) is 1. The molecule has 3 rings (SSSR count). The fraction of sp³-hybridized carbons (Fsp3) is 0.214. The number of thiazole rings is 1. The topological polar surface area (TPSA) is 76.9 Å². The van der Waals surface area contributed by atoms with Gasteiger partial charge in [-0.3, -0.25) is 9.59 Å². The van der Waals surface area contributed by atoms with Crippen molar-refractivity contribution in [3.05, 3.63) is 60.2 Å². The highest BCUT2D eigenvalue weighted by molar-refractivity contribution is 7.16. The van der Waals surface area contributed by atoms with Crippen LogP contribution in [0.3, 0.4) is 0 Å². The van der Waals surface area contributed by atoms with Crippen LogP contribution in [0.5, 0.6) is 0 Å². The second kappa shape index (κ2) is 5.06. The number of halogens is 1. The van der Waals surface area contributed by atoms with Gasteiger partial charge in [-0.25, -0.2) is 13.8 Å². The van der Waals surface area contributed by atoms with Crippen LogP contribution in [0, 0.1) is 5.82 Å². The van der Waals surface area contributed by atoms with Gasteiger partial charge in [-0.2, -0.15) is 0 Å². The van der Waals surface area contributed by atoms with E-state index in [2.05, 4.69) is 4.98 Å². The Morgan fingerprint density at radius 2 is 1.95 bits per heavy atom. The molecule has 2 heterocycles. The first-order valence-corrected chi connectivity index (χ1v) is 7.38. The van der Waals surface area contributed by atoms with E-state index in [1.807, 2.05) is 6.92 Å². The molecule has 0 saturated heterocycles. The van der Waals surface area contributed by atoms with Crippen LogP contribution >= 0.6 is 11.3 Å². The van der Waals surface area contributed by atoms with Gasteiger partial charge in [0.25, 0.3) is 5.56 Å². The fourth-order valence-electron chi connectivity index (χ4n) is 2.36. The van der Waals surface area contributed by atoms with E-state index in [0.29, 0.717) is 22.3 Å². The summed E-state index contributed by atoms with van der Waals surface area (Å²) >= 11 is 0.866. The fourth-order valence-corrected chi connectivity index (χ4v) is 3.11. The largest absolute Gasteiger partial charge is 0.335 e. The SMILES string of the molecule is CCc1cc(=O)n(-c2cc3[nH]c(=O)sc3cc2F)c(=O)n1C. The second-order valence-corrected chi connectivity index (χ2v) is 5.83. The molecule has 0 aliphatic carbocycles. The number of hydrogen-bond acceptors (Lipinski definition) is 4. The summed E-state index contributed by atoms with van der Waals surface area (Å²) in [6.45, 7) is 1.82. The van der Waals surface area contributed by atoms with Crippen LogP contribution in [-0.4, -0.2) is 14.1 Å². The number of hydrogen-bond donors (Lipinski definition) is 1. The molecule has 114 valence electrons. The van der Waals surface area contributed by atoms with Crippen molar-refractivity contribution in [2.75, 3.05) is 0 Å². The van der Waals surface area contributed by atoms with Gasteiger partial charge in [-0.1, -0.05) is 18.3 Å². The van der Waals surface area contributed by atoms with Gasteiger partial charge in [0.2, 0.25) is 0 Å². The van der Waals surface area contributed by atoms with E-state index in [1.165, 1.54) is 23.7 Å². The average Bonchev–Trinajstić information content (AvgIpc) is 2.82. The highest BCUT2D eigenvalue weighted by atomic mass is 32.1. The molecule has 0 fully saturated rings. The summed E-state index contributed by atoms with van der Waals surface area (Å²) in [5, 5.41) is 0. The van der Waals surface area contributed by atoms with Gasteiger partial charge in [0.05, 0.1) is 15.9 Å². The van der Waals surface area contributed by atoms with E-state index in [9.17, 15) is 18.8 Å². The predicted octanol–water partition coefficient (Wildman–Crippen LogP) is 1.14. The molecule has 6 nitrogen and oxygen atoms in total. The number of benzene rings is 1. The summed E-state index contributed by atoms with van der Waals surface area (Å²) in [5.41, 5.74) is -0.442. The Balaban J connectivity index is 2.39. The summed E-state index contributed by atoms with van der Waals surface area (Å²) in [7, 11) is 1.53. The molecule has 1 aromatic carbocycles. The Morgan fingerprint density at radius 3 is 2.64 bits per heavy atom. The molecule has 22 heavy (non-hydrogen) atoms. The van der Waals surface area contributed by atoms with E-state index in [4.69, 9.17) is 0 Å². The lowest BCUT2D eigenvalue weighted by molar-refractivity contribution is 0.605. The average molecular weight is 321 g/mol. The van der Waals surface area contributed by atoms with Crippen LogP contribution in [0.25, 0.3) is 15.9 Å². The van der Waals surface area contributed by atoms with Crippen LogP contribution in [-0.2, 0) is 13.5 Å². The standard InChI is InChI=1S/C14H12FN3O3S/c1-3-7-4-12(19)18(14(21)17(7)2)10-6-9-11(5-8(10)15)22-13(20)16-9/h4-6H,3H2,1-2H3,(H,16,20). The van der Waals surface area contributed by atoms with Crippen molar-refractivity contribution in [1.29, 1.82) is 0 Å². The quantitative estimate of drug-likeness (QED) is 0.769. The first-order chi connectivity index (χ1) is 10.4. The van der Waals surface area contributed by atoms with E-state index < -0.39 is 17.1 Å². The van der Waals surface area contributed by atoms with Gasteiger partial charge in [0.15, 0.2) is 0 Å². The third-order valence-corrected chi connectivity index (χ3v) is 4.36. The molecule has 0 atom stereocenters. The van der Waals surface area contributed by atoms with Crippen LogP contribution < -0.4 is 16.1 Å². The molecule has 0 unspecified atom stereocenters. The van der Waals surface area contributed by atoms with Crippen LogP contribution in [0.4, 0.5) is 4.39 Å². The number of nitrogens with zero attached hydrogens (tertiary/aromatic N) is 2. The Morgan fingerprint density at radius 1 is 1.23 bits per heavy atom. The van der Waals surface area contributed by atoms with Crippen molar-refractivity contribution in [3.8, 4) is 5.69 Å². The Labute approximate surface area is 127 Å². The molecule has 1 N–H and O–H groups in total. The smallest absolute Gasteiger partial charge is 0.312 e.